The number of benzene rings is 2. The maximum absolute atomic E-state index is 12.2. The van der Waals surface area contributed by atoms with Crippen molar-refractivity contribution < 1.29 is 4.79 Å². The molecule has 126 valence electrons. The van der Waals surface area contributed by atoms with E-state index < -0.39 is 0 Å². The predicted molar refractivity (Wildman–Crippen MR) is 98.2 cm³/mol. The van der Waals surface area contributed by atoms with E-state index in [4.69, 9.17) is 0 Å². The van der Waals surface area contributed by atoms with Gasteiger partial charge in [0.2, 0.25) is 0 Å². The fourth-order valence-electron chi connectivity index (χ4n) is 3.52. The molecular formula is C21H26N2O. The van der Waals surface area contributed by atoms with Crippen molar-refractivity contribution in [2.75, 3.05) is 26.2 Å². The molecule has 0 saturated carbocycles. The van der Waals surface area contributed by atoms with E-state index in [2.05, 4.69) is 52.7 Å². The molecule has 2 aromatic carbocycles. The van der Waals surface area contributed by atoms with Gasteiger partial charge >= 0.3 is 0 Å². The second-order valence-corrected chi connectivity index (χ2v) is 6.62. The van der Waals surface area contributed by atoms with Crippen molar-refractivity contribution in [3.05, 3.63) is 71.8 Å². The minimum Gasteiger partial charge on any atom is -0.314 e. The monoisotopic (exact) mass is 322 g/mol. The number of piperazine rings is 1. The second kappa shape index (κ2) is 8.22. The third-order valence-corrected chi connectivity index (χ3v) is 4.90. The fraction of sp³-hybridized carbons (Fsp3) is 0.381. The summed E-state index contributed by atoms with van der Waals surface area (Å²) in [6.07, 6.45) is 1.02. The smallest absolute Gasteiger partial charge is 0.138 e. The number of ketones is 1. The quantitative estimate of drug-likeness (QED) is 0.887. The van der Waals surface area contributed by atoms with Gasteiger partial charge in [-0.3, -0.25) is 9.69 Å². The SMILES string of the molecule is CC(=O)[C@@H](CN1CCNC[C@H]1Cc1ccccc1)c1ccccc1. The zero-order valence-electron chi connectivity index (χ0n) is 14.3. The summed E-state index contributed by atoms with van der Waals surface area (Å²) in [5.74, 6) is 0.209. The average molecular weight is 322 g/mol. The van der Waals surface area contributed by atoms with Crippen molar-refractivity contribution in [3.8, 4) is 0 Å². The van der Waals surface area contributed by atoms with E-state index in [0.29, 0.717) is 6.04 Å². The highest BCUT2D eigenvalue weighted by molar-refractivity contribution is 5.83. The molecule has 1 aliphatic heterocycles. The summed E-state index contributed by atoms with van der Waals surface area (Å²) >= 11 is 0. The standard InChI is InChI=1S/C21H26N2O/c1-17(24)21(19-10-6-3-7-11-19)16-23-13-12-22-15-20(23)14-18-8-4-2-5-9-18/h2-11,20-22H,12-16H2,1H3/t20-,21-/m1/s1. The van der Waals surface area contributed by atoms with Crippen molar-refractivity contribution >= 4 is 5.78 Å². The topological polar surface area (TPSA) is 32.3 Å². The number of nitrogens with zero attached hydrogens (tertiary/aromatic N) is 1. The minimum atomic E-state index is -0.0393. The van der Waals surface area contributed by atoms with Crippen LogP contribution in [-0.4, -0.2) is 42.9 Å². The van der Waals surface area contributed by atoms with E-state index in [1.807, 2.05) is 18.2 Å². The lowest BCUT2D eigenvalue weighted by molar-refractivity contribution is -0.119. The predicted octanol–water partition coefficient (Wildman–Crippen LogP) is 2.88. The van der Waals surface area contributed by atoms with Crippen molar-refractivity contribution in [1.82, 2.24) is 10.2 Å². The van der Waals surface area contributed by atoms with Crippen molar-refractivity contribution in [2.24, 2.45) is 0 Å². The van der Waals surface area contributed by atoms with Crippen LogP contribution >= 0.6 is 0 Å². The van der Waals surface area contributed by atoms with Gasteiger partial charge in [0.1, 0.15) is 5.78 Å². The van der Waals surface area contributed by atoms with E-state index >= 15 is 0 Å². The molecule has 1 N–H and O–H groups in total. The molecule has 3 nitrogen and oxygen atoms in total. The molecular weight excluding hydrogens is 296 g/mol. The van der Waals surface area contributed by atoms with Gasteiger partial charge < -0.3 is 5.32 Å². The lowest BCUT2D eigenvalue weighted by Crippen LogP contribution is -2.53. The molecule has 0 bridgehead atoms. The molecule has 0 unspecified atom stereocenters. The Morgan fingerprint density at radius 3 is 2.46 bits per heavy atom. The molecule has 24 heavy (non-hydrogen) atoms. The molecule has 1 saturated heterocycles. The third-order valence-electron chi connectivity index (χ3n) is 4.90. The van der Waals surface area contributed by atoms with Crippen LogP contribution in [0, 0.1) is 0 Å². The number of carbonyl (C=O) groups excluding carboxylic acids is 1. The summed E-state index contributed by atoms with van der Waals surface area (Å²) in [6.45, 7) is 5.48. The molecule has 1 fully saturated rings. The summed E-state index contributed by atoms with van der Waals surface area (Å²) < 4.78 is 0. The van der Waals surface area contributed by atoms with Gasteiger partial charge in [0.25, 0.3) is 0 Å². The van der Waals surface area contributed by atoms with Gasteiger partial charge in [-0.15, -0.1) is 0 Å². The molecule has 0 aromatic heterocycles. The summed E-state index contributed by atoms with van der Waals surface area (Å²) in [4.78, 5) is 14.7. The van der Waals surface area contributed by atoms with Crippen LogP contribution in [0.4, 0.5) is 0 Å². The first-order valence-electron chi connectivity index (χ1n) is 8.78. The lowest BCUT2D eigenvalue weighted by Gasteiger charge is -2.38. The van der Waals surface area contributed by atoms with Crippen LogP contribution in [0.1, 0.15) is 24.0 Å². The van der Waals surface area contributed by atoms with Crippen LogP contribution in [0.5, 0.6) is 0 Å². The first-order valence-corrected chi connectivity index (χ1v) is 8.78. The number of Topliss-reactive ketones (excluding diaryl/α,β-unsaturated/α-hetero) is 1. The molecule has 2 aromatic rings. The number of carbonyl (C=O) groups is 1. The Labute approximate surface area is 144 Å². The van der Waals surface area contributed by atoms with E-state index in [-0.39, 0.29) is 11.7 Å². The number of hydrogen-bond acceptors (Lipinski definition) is 3. The van der Waals surface area contributed by atoms with Gasteiger partial charge in [0, 0.05) is 32.2 Å². The highest BCUT2D eigenvalue weighted by Gasteiger charge is 2.27. The van der Waals surface area contributed by atoms with Crippen molar-refractivity contribution in [1.29, 1.82) is 0 Å². The van der Waals surface area contributed by atoms with Gasteiger partial charge in [0.05, 0.1) is 5.92 Å². The van der Waals surface area contributed by atoms with E-state index in [0.717, 1.165) is 38.2 Å². The highest BCUT2D eigenvalue weighted by Crippen LogP contribution is 2.21. The lowest BCUT2D eigenvalue weighted by atomic mass is 9.93. The molecule has 0 radical (unpaired) electrons. The van der Waals surface area contributed by atoms with Crippen LogP contribution in [0.2, 0.25) is 0 Å². The first-order chi connectivity index (χ1) is 11.7. The highest BCUT2D eigenvalue weighted by atomic mass is 16.1. The summed E-state index contributed by atoms with van der Waals surface area (Å²) in [5.41, 5.74) is 2.48. The molecule has 1 heterocycles. The van der Waals surface area contributed by atoms with E-state index in [9.17, 15) is 4.79 Å². The molecule has 0 amide bonds. The molecule has 1 aliphatic rings. The van der Waals surface area contributed by atoms with Crippen LogP contribution < -0.4 is 5.32 Å². The molecule has 2 atom stereocenters. The van der Waals surface area contributed by atoms with E-state index in [1.165, 1.54) is 5.56 Å². The Kier molecular flexibility index (Phi) is 5.78. The van der Waals surface area contributed by atoms with Gasteiger partial charge in [-0.25, -0.2) is 0 Å². The van der Waals surface area contributed by atoms with Gasteiger partial charge in [-0.1, -0.05) is 60.7 Å². The van der Waals surface area contributed by atoms with Crippen LogP contribution in [-0.2, 0) is 11.2 Å². The maximum Gasteiger partial charge on any atom is 0.138 e. The molecule has 0 aliphatic carbocycles. The minimum absolute atomic E-state index is 0.0393. The summed E-state index contributed by atoms with van der Waals surface area (Å²) in [6, 6.07) is 21.2. The Balaban J connectivity index is 1.73. The summed E-state index contributed by atoms with van der Waals surface area (Å²) in [5, 5.41) is 3.50. The van der Waals surface area contributed by atoms with Gasteiger partial charge in [-0.05, 0) is 24.5 Å². The number of hydrogen-bond donors (Lipinski definition) is 1. The largest absolute Gasteiger partial charge is 0.314 e. The Hall–Kier alpha value is -1.97. The second-order valence-electron chi connectivity index (χ2n) is 6.62. The molecule has 0 spiro atoms. The first kappa shape index (κ1) is 16.9. The van der Waals surface area contributed by atoms with Gasteiger partial charge in [-0.2, -0.15) is 0 Å². The maximum atomic E-state index is 12.2. The van der Waals surface area contributed by atoms with Crippen LogP contribution in [0.15, 0.2) is 60.7 Å². The third kappa shape index (κ3) is 4.31. The van der Waals surface area contributed by atoms with Crippen molar-refractivity contribution in [3.63, 3.8) is 0 Å². The number of rotatable bonds is 6. The fourth-order valence-corrected chi connectivity index (χ4v) is 3.52. The van der Waals surface area contributed by atoms with E-state index in [1.54, 1.807) is 6.92 Å². The Bertz CT molecular complexity index is 641. The normalized spacial score (nSPS) is 19.8. The van der Waals surface area contributed by atoms with Gasteiger partial charge in [0.15, 0.2) is 0 Å². The summed E-state index contributed by atoms with van der Waals surface area (Å²) in [7, 11) is 0. The molecule has 3 rings (SSSR count). The zero-order chi connectivity index (χ0) is 16.8. The Morgan fingerprint density at radius 2 is 1.79 bits per heavy atom. The zero-order valence-corrected chi connectivity index (χ0v) is 14.3. The van der Waals surface area contributed by atoms with Crippen LogP contribution in [0.3, 0.4) is 0 Å². The Morgan fingerprint density at radius 1 is 1.12 bits per heavy atom. The van der Waals surface area contributed by atoms with Crippen molar-refractivity contribution in [2.45, 2.75) is 25.3 Å². The average Bonchev–Trinajstić information content (AvgIpc) is 2.62. The number of nitrogens with one attached hydrogen (secondary N) is 1. The van der Waals surface area contributed by atoms with Crippen LogP contribution in [0.25, 0.3) is 0 Å². The molecule has 3 heteroatoms.